The van der Waals surface area contributed by atoms with E-state index in [9.17, 15) is 4.79 Å². The van der Waals surface area contributed by atoms with Crippen LogP contribution in [0.1, 0.15) is 52.4 Å². The number of Topliss-reactive ketones (excluding diaryl/α,β-unsaturated/α-hetero) is 1. The largest absolute Gasteiger partial charge is 0.405 e. The van der Waals surface area contributed by atoms with E-state index in [4.69, 9.17) is 20.9 Å². The lowest BCUT2D eigenvalue weighted by molar-refractivity contribution is -0.129. The highest BCUT2D eigenvalue weighted by molar-refractivity contribution is 5.83. The summed E-state index contributed by atoms with van der Waals surface area (Å²) in [5, 5.41) is 0. The van der Waals surface area contributed by atoms with E-state index in [0.29, 0.717) is 18.9 Å². The van der Waals surface area contributed by atoms with Crippen LogP contribution in [-0.4, -0.2) is 38.3 Å². The Kier molecular flexibility index (Phi) is 9.44. The first-order chi connectivity index (χ1) is 11.1. The zero-order chi connectivity index (χ0) is 17.2. The summed E-state index contributed by atoms with van der Waals surface area (Å²) in [6.07, 6.45) is 7.37. The maximum absolute atomic E-state index is 12.1. The molecule has 1 saturated heterocycles. The molecule has 0 aliphatic carbocycles. The molecule has 0 amide bonds. The Labute approximate surface area is 140 Å². The van der Waals surface area contributed by atoms with Crippen LogP contribution in [-0.2, 0) is 14.3 Å². The first-order valence-electron chi connectivity index (χ1n) is 8.86. The van der Waals surface area contributed by atoms with Gasteiger partial charge in [0.25, 0.3) is 0 Å². The van der Waals surface area contributed by atoms with E-state index < -0.39 is 0 Å². The second-order valence-electron chi connectivity index (χ2n) is 6.55. The fourth-order valence-corrected chi connectivity index (χ4v) is 3.37. The van der Waals surface area contributed by atoms with Gasteiger partial charge in [0.1, 0.15) is 0 Å². The fourth-order valence-electron chi connectivity index (χ4n) is 3.37. The topological polar surface area (TPSA) is 87.6 Å². The molecule has 0 radical (unpaired) electrons. The lowest BCUT2D eigenvalue weighted by atomic mass is 9.82. The molecule has 0 saturated carbocycles. The molecule has 0 spiro atoms. The molecule has 1 aliphatic heterocycles. The Morgan fingerprint density at radius 3 is 2.78 bits per heavy atom. The Bertz CT molecular complexity index is 384. The van der Waals surface area contributed by atoms with Crippen molar-refractivity contribution in [2.75, 3.05) is 20.3 Å². The summed E-state index contributed by atoms with van der Waals surface area (Å²) < 4.78 is 11.6. The van der Waals surface area contributed by atoms with Gasteiger partial charge in [0.2, 0.25) is 0 Å². The van der Waals surface area contributed by atoms with Crippen molar-refractivity contribution >= 4 is 5.78 Å². The maximum Gasteiger partial charge on any atom is 0.152 e. The Balaban J connectivity index is 2.78. The number of carbonyl (C=O) groups is 1. The molecular weight excluding hydrogens is 292 g/mol. The summed E-state index contributed by atoms with van der Waals surface area (Å²) >= 11 is 0. The summed E-state index contributed by atoms with van der Waals surface area (Å²) in [7, 11) is 1.74. The van der Waals surface area contributed by atoms with Crippen LogP contribution in [0.3, 0.4) is 0 Å². The van der Waals surface area contributed by atoms with Gasteiger partial charge in [0, 0.05) is 19.6 Å². The predicted octanol–water partition coefficient (Wildman–Crippen LogP) is 2.38. The highest BCUT2D eigenvalue weighted by Gasteiger charge is 2.34. The molecule has 1 heterocycles. The molecule has 5 heteroatoms. The van der Waals surface area contributed by atoms with Gasteiger partial charge < -0.3 is 20.9 Å². The van der Waals surface area contributed by atoms with Crippen molar-refractivity contribution in [3.63, 3.8) is 0 Å². The third-order valence-electron chi connectivity index (χ3n) is 4.90. The molecule has 0 aromatic carbocycles. The van der Waals surface area contributed by atoms with Crippen molar-refractivity contribution in [3.05, 3.63) is 11.8 Å². The molecule has 0 unspecified atom stereocenters. The lowest BCUT2D eigenvalue weighted by Gasteiger charge is -2.34. The number of hydrogen-bond acceptors (Lipinski definition) is 5. The Hall–Kier alpha value is -0.910. The standard InChI is InChI=1S/C18H34N2O3/c1-4-5-7-13(2)17(22-3)10-14(11-19)18-15(16(21)12-20)8-6-9-23-18/h11,13,15,17-18H,4-10,12,19-20H2,1-3H3/b14-11+/t13-,15-,17-,18+/m0/s1. The zero-order valence-electron chi connectivity index (χ0n) is 14.9. The minimum Gasteiger partial charge on any atom is -0.405 e. The Morgan fingerprint density at radius 1 is 1.48 bits per heavy atom. The van der Waals surface area contributed by atoms with Gasteiger partial charge in [-0.05, 0) is 43.4 Å². The van der Waals surface area contributed by atoms with Crippen LogP contribution >= 0.6 is 0 Å². The van der Waals surface area contributed by atoms with E-state index in [1.165, 1.54) is 12.8 Å². The van der Waals surface area contributed by atoms with Crippen LogP contribution in [0.25, 0.3) is 0 Å². The van der Waals surface area contributed by atoms with Gasteiger partial charge in [-0.15, -0.1) is 0 Å². The van der Waals surface area contributed by atoms with Crippen molar-refractivity contribution in [1.29, 1.82) is 0 Å². The van der Waals surface area contributed by atoms with Gasteiger partial charge in [-0.2, -0.15) is 0 Å². The molecule has 134 valence electrons. The number of rotatable bonds is 10. The van der Waals surface area contributed by atoms with E-state index in [1.54, 1.807) is 13.3 Å². The maximum atomic E-state index is 12.1. The molecule has 1 aliphatic rings. The van der Waals surface area contributed by atoms with Crippen LogP contribution in [0.15, 0.2) is 11.8 Å². The fraction of sp³-hybridized carbons (Fsp3) is 0.833. The van der Waals surface area contributed by atoms with Crippen LogP contribution in [0.2, 0.25) is 0 Å². The van der Waals surface area contributed by atoms with Crippen LogP contribution in [0, 0.1) is 11.8 Å². The minimum atomic E-state index is -0.249. The van der Waals surface area contributed by atoms with E-state index in [-0.39, 0.29) is 30.5 Å². The molecule has 23 heavy (non-hydrogen) atoms. The molecule has 4 atom stereocenters. The van der Waals surface area contributed by atoms with Gasteiger partial charge >= 0.3 is 0 Å². The van der Waals surface area contributed by atoms with E-state index in [1.807, 2.05) is 0 Å². The van der Waals surface area contributed by atoms with Crippen molar-refractivity contribution in [1.82, 2.24) is 0 Å². The molecule has 0 bridgehead atoms. The lowest BCUT2D eigenvalue weighted by Crippen LogP contribution is -2.40. The molecule has 1 rings (SSSR count). The van der Waals surface area contributed by atoms with Gasteiger partial charge in [0.15, 0.2) is 5.78 Å². The van der Waals surface area contributed by atoms with Gasteiger partial charge in [-0.25, -0.2) is 0 Å². The highest BCUT2D eigenvalue weighted by Crippen LogP contribution is 2.31. The Morgan fingerprint density at radius 2 is 2.22 bits per heavy atom. The average Bonchev–Trinajstić information content (AvgIpc) is 2.60. The normalized spacial score (nSPS) is 25.1. The summed E-state index contributed by atoms with van der Waals surface area (Å²) in [4.78, 5) is 12.1. The monoisotopic (exact) mass is 326 g/mol. The number of ether oxygens (including phenoxy) is 2. The quantitative estimate of drug-likeness (QED) is 0.643. The number of methoxy groups -OCH3 is 1. The third kappa shape index (κ3) is 5.90. The van der Waals surface area contributed by atoms with E-state index in [0.717, 1.165) is 24.8 Å². The van der Waals surface area contributed by atoms with E-state index >= 15 is 0 Å². The van der Waals surface area contributed by atoms with Crippen molar-refractivity contribution < 1.29 is 14.3 Å². The molecule has 0 aromatic heterocycles. The number of hydrogen-bond donors (Lipinski definition) is 2. The SMILES string of the molecule is CCCC[C@H](C)[C@H](C/C(=C\N)[C@H]1OCCC[C@H]1C(=O)CN)OC. The van der Waals surface area contributed by atoms with Crippen molar-refractivity contribution in [2.24, 2.45) is 23.3 Å². The van der Waals surface area contributed by atoms with Crippen LogP contribution in [0.5, 0.6) is 0 Å². The highest BCUT2D eigenvalue weighted by atomic mass is 16.5. The van der Waals surface area contributed by atoms with Crippen molar-refractivity contribution in [3.8, 4) is 0 Å². The third-order valence-corrected chi connectivity index (χ3v) is 4.90. The summed E-state index contributed by atoms with van der Waals surface area (Å²) in [5.74, 6) is 0.330. The molecule has 1 fully saturated rings. The molecule has 4 N–H and O–H groups in total. The average molecular weight is 326 g/mol. The van der Waals surface area contributed by atoms with Crippen molar-refractivity contribution in [2.45, 2.75) is 64.6 Å². The predicted molar refractivity (Wildman–Crippen MR) is 92.9 cm³/mol. The number of unbranched alkanes of at least 4 members (excludes halogenated alkanes) is 1. The zero-order valence-corrected chi connectivity index (χ0v) is 14.9. The van der Waals surface area contributed by atoms with Crippen LogP contribution in [0.4, 0.5) is 0 Å². The molecule has 5 nitrogen and oxygen atoms in total. The first kappa shape index (κ1) is 20.1. The van der Waals surface area contributed by atoms with Crippen LogP contribution < -0.4 is 11.5 Å². The summed E-state index contributed by atoms with van der Waals surface area (Å²) in [5.41, 5.74) is 12.4. The number of carbonyl (C=O) groups excluding carboxylic acids is 1. The first-order valence-corrected chi connectivity index (χ1v) is 8.86. The second kappa shape index (κ2) is 10.8. The molecule has 0 aromatic rings. The van der Waals surface area contributed by atoms with Gasteiger partial charge in [-0.3, -0.25) is 4.79 Å². The van der Waals surface area contributed by atoms with E-state index in [2.05, 4.69) is 13.8 Å². The smallest absolute Gasteiger partial charge is 0.152 e. The summed E-state index contributed by atoms with van der Waals surface area (Å²) in [6, 6.07) is 0. The number of nitrogens with two attached hydrogens (primary N) is 2. The minimum absolute atomic E-state index is 0.0575. The van der Waals surface area contributed by atoms with Gasteiger partial charge in [0.05, 0.1) is 18.8 Å². The molecular formula is C18H34N2O3. The summed E-state index contributed by atoms with van der Waals surface area (Å²) in [6.45, 7) is 5.13. The second-order valence-corrected chi connectivity index (χ2v) is 6.55. The number of ketones is 1. The van der Waals surface area contributed by atoms with Gasteiger partial charge in [-0.1, -0.05) is 26.7 Å².